The van der Waals surface area contributed by atoms with Gasteiger partial charge in [0.1, 0.15) is 11.6 Å². The van der Waals surface area contributed by atoms with E-state index in [2.05, 4.69) is 66.2 Å². The minimum absolute atomic E-state index is 0.00271. The first-order chi connectivity index (χ1) is 16.1. The van der Waals surface area contributed by atoms with Gasteiger partial charge in [-0.15, -0.1) is 11.3 Å². The maximum Gasteiger partial charge on any atom is 0.261 e. The molecular weight excluding hydrogens is 430 g/mol. The Kier molecular flexibility index (Phi) is 7.79. The van der Waals surface area contributed by atoms with E-state index in [9.17, 15) is 4.79 Å². The van der Waals surface area contributed by atoms with E-state index in [0.717, 1.165) is 53.3 Å². The van der Waals surface area contributed by atoms with Crippen LogP contribution in [0.5, 0.6) is 5.75 Å². The van der Waals surface area contributed by atoms with Gasteiger partial charge in [0.05, 0.1) is 22.5 Å². The van der Waals surface area contributed by atoms with E-state index in [1.165, 1.54) is 16.9 Å². The normalized spacial score (nSPS) is 11.2. The lowest BCUT2D eigenvalue weighted by Gasteiger charge is -2.11. The number of nitrogens with one attached hydrogen (secondary N) is 1. The number of aromatic nitrogens is 2. The average molecular weight is 462 g/mol. The third kappa shape index (κ3) is 6.02. The molecule has 0 aliphatic heterocycles. The summed E-state index contributed by atoms with van der Waals surface area (Å²) >= 11 is 1.46. The Balaban J connectivity index is 1.31. The fourth-order valence-corrected chi connectivity index (χ4v) is 4.51. The Morgan fingerprint density at radius 3 is 2.64 bits per heavy atom. The summed E-state index contributed by atoms with van der Waals surface area (Å²) in [7, 11) is 0. The number of hydrogen-bond donors (Lipinski definition) is 1. The van der Waals surface area contributed by atoms with Crippen LogP contribution < -0.4 is 10.1 Å². The zero-order valence-corrected chi connectivity index (χ0v) is 20.1. The van der Waals surface area contributed by atoms with Crippen molar-refractivity contribution in [3.8, 4) is 5.75 Å². The molecule has 4 rings (SSSR count). The Hall–Kier alpha value is -3.12. The number of thiophene rings is 1. The number of benzene rings is 2. The van der Waals surface area contributed by atoms with Crippen LogP contribution in [0.3, 0.4) is 0 Å². The highest BCUT2D eigenvalue weighted by Gasteiger charge is 2.11. The molecule has 172 valence electrons. The van der Waals surface area contributed by atoms with Crippen molar-refractivity contribution >= 4 is 28.3 Å². The van der Waals surface area contributed by atoms with Crippen LogP contribution in [-0.2, 0) is 13.0 Å². The van der Waals surface area contributed by atoms with Crippen LogP contribution in [0.2, 0.25) is 0 Å². The second kappa shape index (κ2) is 11.1. The van der Waals surface area contributed by atoms with Gasteiger partial charge in [0.2, 0.25) is 0 Å². The lowest BCUT2D eigenvalue weighted by atomic mass is 10.0. The van der Waals surface area contributed by atoms with Gasteiger partial charge in [-0.2, -0.15) is 0 Å². The molecular formula is C27H31N3O2S. The summed E-state index contributed by atoms with van der Waals surface area (Å²) in [5.41, 5.74) is 3.49. The molecule has 2 aromatic carbocycles. The van der Waals surface area contributed by atoms with E-state index in [4.69, 9.17) is 9.72 Å². The van der Waals surface area contributed by atoms with Crippen LogP contribution in [0.4, 0.5) is 0 Å². The van der Waals surface area contributed by atoms with Crippen LogP contribution in [0.1, 0.15) is 53.7 Å². The van der Waals surface area contributed by atoms with Gasteiger partial charge in [-0.05, 0) is 60.0 Å². The molecule has 0 aliphatic carbocycles. The minimum Gasteiger partial charge on any atom is -0.494 e. The highest BCUT2D eigenvalue weighted by molar-refractivity contribution is 7.12. The number of carbonyl (C=O) groups is 1. The van der Waals surface area contributed by atoms with Crippen molar-refractivity contribution in [3.63, 3.8) is 0 Å². The van der Waals surface area contributed by atoms with Crippen molar-refractivity contribution in [2.24, 2.45) is 0 Å². The fraction of sp³-hybridized carbons (Fsp3) is 0.333. The molecule has 33 heavy (non-hydrogen) atoms. The third-order valence-corrected chi connectivity index (χ3v) is 6.55. The summed E-state index contributed by atoms with van der Waals surface area (Å²) in [6.07, 6.45) is 2.56. The van der Waals surface area contributed by atoms with E-state index < -0.39 is 0 Å². The van der Waals surface area contributed by atoms with E-state index >= 15 is 0 Å². The van der Waals surface area contributed by atoms with Gasteiger partial charge in [-0.3, -0.25) is 4.79 Å². The summed E-state index contributed by atoms with van der Waals surface area (Å²) in [4.78, 5) is 17.7. The first kappa shape index (κ1) is 23.1. The number of imidazole rings is 1. The monoisotopic (exact) mass is 461 g/mol. The first-order valence-corrected chi connectivity index (χ1v) is 12.5. The maximum absolute atomic E-state index is 12.1. The van der Waals surface area contributed by atoms with E-state index in [0.29, 0.717) is 19.1 Å². The Labute approximate surface area is 199 Å². The van der Waals surface area contributed by atoms with Crippen LogP contribution in [0, 0.1) is 0 Å². The molecule has 4 aromatic rings. The van der Waals surface area contributed by atoms with Gasteiger partial charge in [-0.25, -0.2) is 4.98 Å². The number of aryl methyl sites for hydroxylation is 2. The van der Waals surface area contributed by atoms with E-state index in [1.807, 2.05) is 23.6 Å². The molecule has 2 aromatic heterocycles. The fourth-order valence-electron chi connectivity index (χ4n) is 3.87. The van der Waals surface area contributed by atoms with Gasteiger partial charge in [-0.1, -0.05) is 44.2 Å². The van der Waals surface area contributed by atoms with Crippen LogP contribution >= 0.6 is 11.3 Å². The van der Waals surface area contributed by atoms with Crippen molar-refractivity contribution in [3.05, 3.63) is 82.3 Å². The Morgan fingerprint density at radius 2 is 1.88 bits per heavy atom. The standard InChI is InChI=1S/C27H31N3O2S/c1-20(2)21-12-14-22(15-13-21)32-18-7-17-30-24-9-4-3-8-23(24)29-26(30)11-5-16-28-27(31)25-10-6-19-33-25/h3-4,6,8-10,12-15,19-20H,5,7,11,16-18H2,1-2H3,(H,28,31). The molecule has 0 saturated heterocycles. The number of rotatable bonds is 11. The Morgan fingerprint density at radius 1 is 1.06 bits per heavy atom. The second-order valence-electron chi connectivity index (χ2n) is 8.43. The molecule has 0 saturated carbocycles. The third-order valence-electron chi connectivity index (χ3n) is 5.68. The van der Waals surface area contributed by atoms with E-state index in [-0.39, 0.29) is 5.91 Å². The number of hydrogen-bond acceptors (Lipinski definition) is 4. The zero-order valence-electron chi connectivity index (χ0n) is 19.3. The molecule has 0 unspecified atom stereocenters. The van der Waals surface area contributed by atoms with Crippen LogP contribution in [-0.4, -0.2) is 28.6 Å². The van der Waals surface area contributed by atoms with Gasteiger partial charge >= 0.3 is 0 Å². The topological polar surface area (TPSA) is 56.1 Å². The molecule has 0 aliphatic rings. The maximum atomic E-state index is 12.1. The SMILES string of the molecule is CC(C)c1ccc(OCCCn2c(CCCNC(=O)c3cccs3)nc3ccccc32)cc1. The molecule has 0 fully saturated rings. The number of carbonyl (C=O) groups excluding carboxylic acids is 1. The number of ether oxygens (including phenoxy) is 1. The molecule has 0 atom stereocenters. The molecule has 1 amide bonds. The summed E-state index contributed by atoms with van der Waals surface area (Å²) in [5, 5.41) is 4.92. The highest BCUT2D eigenvalue weighted by atomic mass is 32.1. The predicted molar refractivity (Wildman–Crippen MR) is 135 cm³/mol. The number of fused-ring (bicyclic) bond motifs is 1. The highest BCUT2D eigenvalue weighted by Crippen LogP contribution is 2.20. The predicted octanol–water partition coefficient (Wildman–Crippen LogP) is 6.05. The minimum atomic E-state index is -0.00271. The van der Waals surface area contributed by atoms with Crippen molar-refractivity contribution in [2.75, 3.05) is 13.2 Å². The van der Waals surface area contributed by atoms with Gasteiger partial charge < -0.3 is 14.6 Å². The molecule has 1 N–H and O–H groups in total. The number of nitrogens with zero attached hydrogens (tertiary/aromatic N) is 2. The van der Waals surface area contributed by atoms with Gasteiger partial charge in [0.15, 0.2) is 0 Å². The summed E-state index contributed by atoms with van der Waals surface area (Å²) in [6, 6.07) is 20.4. The largest absolute Gasteiger partial charge is 0.494 e. The summed E-state index contributed by atoms with van der Waals surface area (Å²) in [6.45, 7) is 6.53. The number of para-hydroxylation sites is 2. The first-order valence-electron chi connectivity index (χ1n) is 11.6. The smallest absolute Gasteiger partial charge is 0.261 e. The lowest BCUT2D eigenvalue weighted by molar-refractivity contribution is 0.0957. The van der Waals surface area contributed by atoms with Crippen LogP contribution in [0.15, 0.2) is 66.0 Å². The molecule has 6 heteroatoms. The van der Waals surface area contributed by atoms with Crippen molar-refractivity contribution in [1.29, 1.82) is 0 Å². The van der Waals surface area contributed by atoms with Crippen molar-refractivity contribution in [1.82, 2.24) is 14.9 Å². The molecule has 2 heterocycles. The molecule has 0 bridgehead atoms. The zero-order chi connectivity index (χ0) is 23.0. The molecule has 5 nitrogen and oxygen atoms in total. The quantitative estimate of drug-likeness (QED) is 0.277. The second-order valence-corrected chi connectivity index (χ2v) is 9.38. The number of amides is 1. The van der Waals surface area contributed by atoms with Crippen molar-refractivity contribution < 1.29 is 9.53 Å². The van der Waals surface area contributed by atoms with Crippen LogP contribution in [0.25, 0.3) is 11.0 Å². The summed E-state index contributed by atoms with van der Waals surface area (Å²) in [5.74, 6) is 2.49. The average Bonchev–Trinajstić information content (AvgIpc) is 3.48. The lowest BCUT2D eigenvalue weighted by Crippen LogP contribution is -2.24. The Bertz CT molecular complexity index is 1160. The van der Waals surface area contributed by atoms with Crippen molar-refractivity contribution in [2.45, 2.75) is 45.6 Å². The molecule has 0 radical (unpaired) electrons. The van der Waals surface area contributed by atoms with Gasteiger partial charge in [0.25, 0.3) is 5.91 Å². The molecule has 0 spiro atoms. The van der Waals surface area contributed by atoms with E-state index in [1.54, 1.807) is 0 Å². The summed E-state index contributed by atoms with van der Waals surface area (Å²) < 4.78 is 8.26. The van der Waals surface area contributed by atoms with Gasteiger partial charge in [0, 0.05) is 19.5 Å².